The fourth-order valence-electron chi connectivity index (χ4n) is 3.08. The largest absolute Gasteiger partial charge is 0.444 e. The van der Waals surface area contributed by atoms with E-state index in [-0.39, 0.29) is 22.9 Å². The van der Waals surface area contributed by atoms with Crippen LogP contribution in [0.25, 0.3) is 10.9 Å². The minimum Gasteiger partial charge on any atom is -0.444 e. The van der Waals surface area contributed by atoms with Crippen molar-refractivity contribution in [2.75, 3.05) is 24.5 Å². The van der Waals surface area contributed by atoms with Gasteiger partial charge in [0.2, 0.25) is 5.28 Å². The standard InChI is InChI=1S/C18H21BrClFN4O2/c1-10-9-24(17(26)27-18(2,3)4)7-8-25(10)15-11-5-6-12(19)13(21)14(11)22-16(20)23-15/h5-6,10H,7-9H2,1-4H3/t10-/m1/s1. The maximum absolute atomic E-state index is 14.5. The van der Waals surface area contributed by atoms with E-state index in [2.05, 4.69) is 25.9 Å². The Labute approximate surface area is 170 Å². The van der Waals surface area contributed by atoms with E-state index in [9.17, 15) is 9.18 Å². The average molecular weight is 460 g/mol. The Morgan fingerprint density at radius 1 is 1.33 bits per heavy atom. The molecule has 0 radical (unpaired) electrons. The first-order valence-corrected chi connectivity index (χ1v) is 9.80. The van der Waals surface area contributed by atoms with Crippen LogP contribution in [0.1, 0.15) is 27.7 Å². The van der Waals surface area contributed by atoms with Gasteiger partial charge in [-0.25, -0.2) is 14.2 Å². The number of carbonyl (C=O) groups excluding carboxylic acids is 1. The molecule has 6 nitrogen and oxygen atoms in total. The monoisotopic (exact) mass is 458 g/mol. The van der Waals surface area contributed by atoms with Crippen LogP contribution in [-0.4, -0.2) is 52.2 Å². The zero-order valence-electron chi connectivity index (χ0n) is 15.6. The van der Waals surface area contributed by atoms with Crippen molar-refractivity contribution < 1.29 is 13.9 Å². The number of halogens is 3. The highest BCUT2D eigenvalue weighted by Gasteiger charge is 2.31. The van der Waals surface area contributed by atoms with Gasteiger partial charge >= 0.3 is 6.09 Å². The van der Waals surface area contributed by atoms with Gasteiger partial charge in [-0.15, -0.1) is 0 Å². The van der Waals surface area contributed by atoms with E-state index in [1.54, 1.807) is 17.0 Å². The lowest BCUT2D eigenvalue weighted by Crippen LogP contribution is -2.54. The third-order valence-electron chi connectivity index (χ3n) is 4.26. The van der Waals surface area contributed by atoms with Gasteiger partial charge in [0.25, 0.3) is 0 Å². The van der Waals surface area contributed by atoms with Crippen molar-refractivity contribution in [1.29, 1.82) is 0 Å². The van der Waals surface area contributed by atoms with E-state index in [1.807, 2.05) is 32.6 Å². The Kier molecular flexibility index (Phi) is 5.49. The normalized spacial score (nSPS) is 18.1. The number of ether oxygens (including phenoxy) is 1. The van der Waals surface area contributed by atoms with Gasteiger partial charge in [-0.3, -0.25) is 0 Å². The molecule has 0 spiro atoms. The van der Waals surface area contributed by atoms with Crippen LogP contribution in [0.4, 0.5) is 15.0 Å². The number of aromatic nitrogens is 2. The van der Waals surface area contributed by atoms with Crippen molar-refractivity contribution in [3.8, 4) is 0 Å². The van der Waals surface area contributed by atoms with Crippen molar-refractivity contribution >= 4 is 50.3 Å². The summed E-state index contributed by atoms with van der Waals surface area (Å²) in [7, 11) is 0. The Hall–Kier alpha value is -1.67. The third kappa shape index (κ3) is 4.27. The van der Waals surface area contributed by atoms with Crippen molar-refractivity contribution in [2.45, 2.75) is 39.3 Å². The summed E-state index contributed by atoms with van der Waals surface area (Å²) >= 11 is 9.22. The first-order valence-electron chi connectivity index (χ1n) is 8.62. The lowest BCUT2D eigenvalue weighted by molar-refractivity contribution is 0.0218. The molecule has 27 heavy (non-hydrogen) atoms. The molecule has 1 aromatic heterocycles. The van der Waals surface area contributed by atoms with Crippen LogP contribution < -0.4 is 4.90 Å². The Morgan fingerprint density at radius 2 is 2.04 bits per heavy atom. The molecular formula is C18H21BrClFN4O2. The number of benzene rings is 1. The summed E-state index contributed by atoms with van der Waals surface area (Å²) < 4.78 is 20.2. The van der Waals surface area contributed by atoms with Gasteiger partial charge in [0.1, 0.15) is 16.9 Å². The van der Waals surface area contributed by atoms with E-state index in [0.29, 0.717) is 35.3 Å². The summed E-state index contributed by atoms with van der Waals surface area (Å²) in [6, 6.07) is 3.34. The van der Waals surface area contributed by atoms with Crippen molar-refractivity contribution in [1.82, 2.24) is 14.9 Å². The SMILES string of the molecule is C[C@@H]1CN(C(=O)OC(C)(C)C)CCN1c1nc(Cl)nc2c(F)c(Br)ccc12. The molecule has 0 aliphatic carbocycles. The van der Waals surface area contributed by atoms with Crippen LogP contribution in [0.3, 0.4) is 0 Å². The fourth-order valence-corrected chi connectivity index (χ4v) is 3.56. The average Bonchev–Trinajstić information content (AvgIpc) is 2.56. The molecule has 1 saturated heterocycles. The summed E-state index contributed by atoms with van der Waals surface area (Å²) in [5, 5.41) is 0.564. The number of hydrogen-bond acceptors (Lipinski definition) is 5. The van der Waals surface area contributed by atoms with E-state index < -0.39 is 11.4 Å². The van der Waals surface area contributed by atoms with Gasteiger partial charge in [0.15, 0.2) is 5.82 Å². The zero-order chi connectivity index (χ0) is 19.9. The predicted molar refractivity (Wildman–Crippen MR) is 107 cm³/mol. The number of nitrogens with zero attached hydrogens (tertiary/aromatic N) is 4. The number of fused-ring (bicyclic) bond motifs is 1. The van der Waals surface area contributed by atoms with Crippen molar-refractivity contribution in [3.05, 3.63) is 27.7 Å². The molecule has 146 valence electrons. The molecule has 1 aliphatic rings. The molecular weight excluding hydrogens is 439 g/mol. The number of piperazine rings is 1. The van der Waals surface area contributed by atoms with Gasteiger partial charge in [0.05, 0.1) is 4.47 Å². The fraction of sp³-hybridized carbons (Fsp3) is 0.500. The van der Waals surface area contributed by atoms with Crippen LogP contribution in [-0.2, 0) is 4.74 Å². The number of hydrogen-bond donors (Lipinski definition) is 0. The van der Waals surface area contributed by atoms with Gasteiger partial charge in [-0.1, -0.05) is 0 Å². The van der Waals surface area contributed by atoms with E-state index >= 15 is 0 Å². The quantitative estimate of drug-likeness (QED) is 0.582. The van der Waals surface area contributed by atoms with Gasteiger partial charge in [0, 0.05) is 31.1 Å². The molecule has 0 saturated carbocycles. The number of anilines is 1. The first kappa shape index (κ1) is 20.1. The summed E-state index contributed by atoms with van der Waals surface area (Å²) in [4.78, 5) is 24.4. The molecule has 0 N–H and O–H groups in total. The molecule has 1 fully saturated rings. The second kappa shape index (κ2) is 7.39. The molecule has 1 aromatic carbocycles. The Morgan fingerprint density at radius 3 is 2.67 bits per heavy atom. The first-order chi connectivity index (χ1) is 12.6. The van der Waals surface area contributed by atoms with Crippen LogP contribution in [0.15, 0.2) is 16.6 Å². The maximum atomic E-state index is 14.5. The van der Waals surface area contributed by atoms with E-state index in [0.717, 1.165) is 0 Å². The second-order valence-electron chi connectivity index (χ2n) is 7.54. The highest BCUT2D eigenvalue weighted by Crippen LogP contribution is 2.32. The third-order valence-corrected chi connectivity index (χ3v) is 5.04. The van der Waals surface area contributed by atoms with Gasteiger partial charge in [-0.05, 0) is 67.4 Å². The Bertz CT molecular complexity index is 890. The maximum Gasteiger partial charge on any atom is 0.410 e. The molecule has 2 aromatic rings. The highest BCUT2D eigenvalue weighted by atomic mass is 79.9. The second-order valence-corrected chi connectivity index (χ2v) is 8.73. The molecule has 1 atom stereocenters. The molecule has 1 aliphatic heterocycles. The van der Waals surface area contributed by atoms with Crippen molar-refractivity contribution in [3.63, 3.8) is 0 Å². The molecule has 9 heteroatoms. The predicted octanol–water partition coefficient (Wildman–Crippen LogP) is 4.63. The molecule has 2 heterocycles. The van der Waals surface area contributed by atoms with Crippen LogP contribution in [0.2, 0.25) is 5.28 Å². The number of rotatable bonds is 1. The summed E-state index contributed by atoms with van der Waals surface area (Å²) in [5.41, 5.74) is -0.375. The minimum atomic E-state index is -0.543. The van der Waals surface area contributed by atoms with Gasteiger partial charge in [-0.2, -0.15) is 4.98 Å². The molecule has 1 amide bonds. The lowest BCUT2D eigenvalue weighted by Gasteiger charge is -2.41. The Balaban J connectivity index is 1.89. The lowest BCUT2D eigenvalue weighted by atomic mass is 10.1. The highest BCUT2D eigenvalue weighted by molar-refractivity contribution is 9.10. The van der Waals surface area contributed by atoms with Gasteiger partial charge < -0.3 is 14.5 Å². The summed E-state index contributed by atoms with van der Waals surface area (Å²) in [5.74, 6) is 0.0887. The summed E-state index contributed by atoms with van der Waals surface area (Å²) in [6.07, 6.45) is -0.338. The number of carbonyl (C=O) groups is 1. The smallest absolute Gasteiger partial charge is 0.410 e. The van der Waals surface area contributed by atoms with Crippen LogP contribution >= 0.6 is 27.5 Å². The van der Waals surface area contributed by atoms with E-state index in [4.69, 9.17) is 16.3 Å². The molecule has 0 bridgehead atoms. The minimum absolute atomic E-state index is 0.0173. The van der Waals surface area contributed by atoms with Crippen LogP contribution in [0, 0.1) is 5.82 Å². The van der Waals surface area contributed by atoms with Crippen LogP contribution in [0.5, 0.6) is 0 Å². The topological polar surface area (TPSA) is 58.6 Å². The molecule has 0 unspecified atom stereocenters. The van der Waals surface area contributed by atoms with E-state index in [1.165, 1.54) is 0 Å². The number of amides is 1. The van der Waals surface area contributed by atoms with Crippen molar-refractivity contribution in [2.24, 2.45) is 0 Å². The molecule has 3 rings (SSSR count). The summed E-state index contributed by atoms with van der Waals surface area (Å²) in [6.45, 7) is 8.97. The zero-order valence-corrected chi connectivity index (χ0v) is 17.9.